The highest BCUT2D eigenvalue weighted by atomic mass is 16.5. The van der Waals surface area contributed by atoms with Gasteiger partial charge in [0.25, 0.3) is 0 Å². The molecule has 1 aromatic heterocycles. The van der Waals surface area contributed by atoms with E-state index in [1.165, 1.54) is 60.8 Å². The molecule has 0 radical (unpaired) electrons. The Bertz CT molecular complexity index is 1440. The number of pyridine rings is 1. The van der Waals surface area contributed by atoms with Crippen molar-refractivity contribution < 1.29 is 19.4 Å². The summed E-state index contributed by atoms with van der Waals surface area (Å²) in [5.41, 5.74) is 7.10. The fourth-order valence-electron chi connectivity index (χ4n) is 6.77. The van der Waals surface area contributed by atoms with Crippen LogP contribution in [0.25, 0.3) is 11.1 Å². The van der Waals surface area contributed by atoms with Crippen LogP contribution < -0.4 is 9.47 Å². The number of carboxylic acids is 1. The number of benzene rings is 2. The van der Waals surface area contributed by atoms with E-state index in [-0.39, 0.29) is 17.2 Å². The number of aryl methyl sites for hydroxylation is 1. The standard InChI is InChI=1S/C35H44N2O4.C3H6.C2H6/c1-23(33(38)39)18-24-8-9-25-11-13-30(41-31(25)19-24)27-10-12-29(26-14-17-36-32(21-26)40-6)28(20-27)22-37-34(2,3)15-7-16-35(37,4)5;1-2-3-1;1-2/h8-10,12,14,17,19-21,23,30H,7,11,13,15-16,18,22H2,1-6H3,(H,38,39);1-3H2;1-2H3/t23?,30-;;/m0../s1. The van der Waals surface area contributed by atoms with Gasteiger partial charge in [-0.05, 0) is 112 Å². The first-order valence-corrected chi connectivity index (χ1v) is 17.4. The molecule has 0 spiro atoms. The van der Waals surface area contributed by atoms with Gasteiger partial charge in [0.15, 0.2) is 0 Å². The maximum absolute atomic E-state index is 11.4. The number of ether oxygens (including phenoxy) is 2. The molecule has 3 aliphatic rings. The summed E-state index contributed by atoms with van der Waals surface area (Å²) in [6, 6.07) is 17.0. The van der Waals surface area contributed by atoms with E-state index in [1.807, 2.05) is 38.2 Å². The molecular formula is C40H56N2O4. The molecule has 2 aliphatic heterocycles. The van der Waals surface area contributed by atoms with Gasteiger partial charge >= 0.3 is 5.97 Å². The highest BCUT2D eigenvalue weighted by molar-refractivity contribution is 5.70. The second kappa shape index (κ2) is 15.5. The number of rotatable bonds is 8. The zero-order valence-electron chi connectivity index (χ0n) is 29.5. The Morgan fingerprint density at radius 2 is 1.70 bits per heavy atom. The number of carboxylic acid groups (broad SMARTS) is 1. The maximum Gasteiger partial charge on any atom is 0.306 e. The van der Waals surface area contributed by atoms with E-state index in [4.69, 9.17) is 9.47 Å². The third-order valence-corrected chi connectivity index (χ3v) is 9.52. The smallest absolute Gasteiger partial charge is 0.306 e. The number of nitrogens with zero attached hydrogens (tertiary/aromatic N) is 2. The van der Waals surface area contributed by atoms with E-state index in [1.54, 1.807) is 14.0 Å². The first-order valence-electron chi connectivity index (χ1n) is 17.4. The van der Waals surface area contributed by atoms with Crippen LogP contribution >= 0.6 is 0 Å². The van der Waals surface area contributed by atoms with Crippen LogP contribution in [0, 0.1) is 5.92 Å². The Balaban J connectivity index is 0.000000891. The maximum atomic E-state index is 11.4. The number of hydrogen-bond donors (Lipinski definition) is 1. The number of carbonyl (C=O) groups is 1. The van der Waals surface area contributed by atoms with Gasteiger partial charge in [-0.25, -0.2) is 4.98 Å². The average molecular weight is 629 g/mol. The fraction of sp³-hybridized carbons (Fsp3) is 0.550. The number of fused-ring (bicyclic) bond motifs is 1. The summed E-state index contributed by atoms with van der Waals surface area (Å²) in [5.74, 6) is 0.272. The second-order valence-corrected chi connectivity index (χ2v) is 14.2. The Morgan fingerprint density at radius 3 is 2.33 bits per heavy atom. The summed E-state index contributed by atoms with van der Waals surface area (Å²) in [6.45, 7) is 16.1. The third kappa shape index (κ3) is 8.90. The Labute approximate surface area is 277 Å². The third-order valence-electron chi connectivity index (χ3n) is 9.52. The molecule has 6 heteroatoms. The molecular weight excluding hydrogens is 572 g/mol. The number of methoxy groups -OCH3 is 1. The quantitative estimate of drug-likeness (QED) is 0.268. The van der Waals surface area contributed by atoms with Gasteiger partial charge in [0.2, 0.25) is 5.88 Å². The molecule has 3 aromatic rings. The highest BCUT2D eigenvalue weighted by Crippen LogP contribution is 2.42. The molecule has 2 fully saturated rings. The predicted octanol–water partition coefficient (Wildman–Crippen LogP) is 9.83. The van der Waals surface area contributed by atoms with Crippen molar-refractivity contribution in [1.29, 1.82) is 0 Å². The van der Waals surface area contributed by atoms with Gasteiger partial charge < -0.3 is 14.6 Å². The zero-order valence-corrected chi connectivity index (χ0v) is 29.5. The van der Waals surface area contributed by atoms with Gasteiger partial charge in [0.05, 0.1) is 13.0 Å². The van der Waals surface area contributed by atoms with Crippen molar-refractivity contribution in [2.45, 2.75) is 130 Å². The SMILES string of the molecule is C1CC1.CC.COc1cc(-c2ccc([C@@H]3CCc4ccc(CC(C)C(=O)O)cc4O3)cc2CN2C(C)(C)CCCC2(C)C)ccn1. The first-order chi connectivity index (χ1) is 22.0. The summed E-state index contributed by atoms with van der Waals surface area (Å²) in [5, 5.41) is 9.37. The van der Waals surface area contributed by atoms with Crippen molar-refractivity contribution in [3.8, 4) is 22.8 Å². The molecule has 1 aliphatic carbocycles. The molecule has 2 atom stereocenters. The van der Waals surface area contributed by atoms with Crippen LogP contribution in [0.1, 0.15) is 122 Å². The minimum Gasteiger partial charge on any atom is -0.485 e. The van der Waals surface area contributed by atoms with Gasteiger partial charge in [-0.15, -0.1) is 0 Å². The van der Waals surface area contributed by atoms with E-state index in [2.05, 4.69) is 67.9 Å². The van der Waals surface area contributed by atoms with Crippen LogP contribution in [-0.2, 0) is 24.2 Å². The summed E-state index contributed by atoms with van der Waals surface area (Å²) in [4.78, 5) is 18.4. The number of aliphatic carboxylic acids is 1. The molecule has 0 amide bonds. The fourth-order valence-corrected chi connectivity index (χ4v) is 6.77. The molecule has 2 aromatic carbocycles. The number of hydrogen-bond acceptors (Lipinski definition) is 5. The lowest BCUT2D eigenvalue weighted by Gasteiger charge is -2.53. The van der Waals surface area contributed by atoms with Crippen LogP contribution in [0.5, 0.6) is 11.6 Å². The lowest BCUT2D eigenvalue weighted by Crippen LogP contribution is -2.57. The summed E-state index contributed by atoms with van der Waals surface area (Å²) in [7, 11) is 1.65. The van der Waals surface area contributed by atoms with E-state index in [9.17, 15) is 9.90 Å². The van der Waals surface area contributed by atoms with E-state index >= 15 is 0 Å². The van der Waals surface area contributed by atoms with Gasteiger partial charge in [-0.3, -0.25) is 9.69 Å². The molecule has 6 nitrogen and oxygen atoms in total. The normalized spacial score (nSPS) is 20.0. The minimum absolute atomic E-state index is 0.0585. The van der Waals surface area contributed by atoms with E-state index in [0.29, 0.717) is 12.3 Å². The van der Waals surface area contributed by atoms with Crippen molar-refractivity contribution in [1.82, 2.24) is 9.88 Å². The summed E-state index contributed by atoms with van der Waals surface area (Å²) >= 11 is 0. The van der Waals surface area contributed by atoms with Crippen molar-refractivity contribution in [3.05, 3.63) is 77.0 Å². The van der Waals surface area contributed by atoms with Gasteiger partial charge in [-0.1, -0.05) is 70.4 Å². The molecule has 6 rings (SSSR count). The summed E-state index contributed by atoms with van der Waals surface area (Å²) in [6.07, 6.45) is 12.2. The molecule has 1 saturated carbocycles. The Morgan fingerprint density at radius 1 is 1.00 bits per heavy atom. The zero-order chi connectivity index (χ0) is 33.5. The molecule has 1 N–H and O–H groups in total. The number of likely N-dealkylation sites (tertiary alicyclic amines) is 1. The van der Waals surface area contributed by atoms with Crippen LogP contribution in [0.4, 0.5) is 0 Å². The van der Waals surface area contributed by atoms with Gasteiger partial charge in [-0.2, -0.15) is 0 Å². The van der Waals surface area contributed by atoms with Crippen LogP contribution in [-0.4, -0.2) is 39.1 Å². The van der Waals surface area contributed by atoms with E-state index < -0.39 is 11.9 Å². The monoisotopic (exact) mass is 628 g/mol. The Kier molecular flexibility index (Phi) is 11.9. The molecule has 1 unspecified atom stereocenters. The molecule has 3 heterocycles. The average Bonchev–Trinajstić information content (AvgIpc) is 3.93. The second-order valence-electron chi connectivity index (χ2n) is 14.2. The molecule has 46 heavy (non-hydrogen) atoms. The highest BCUT2D eigenvalue weighted by Gasteiger charge is 2.41. The van der Waals surface area contributed by atoms with Gasteiger partial charge in [0, 0.05) is 29.9 Å². The topological polar surface area (TPSA) is 71.9 Å². The lowest BCUT2D eigenvalue weighted by atomic mass is 9.79. The molecule has 1 saturated heterocycles. The van der Waals surface area contributed by atoms with Crippen molar-refractivity contribution in [3.63, 3.8) is 0 Å². The lowest BCUT2D eigenvalue weighted by molar-refractivity contribution is -0.141. The largest absolute Gasteiger partial charge is 0.485 e. The van der Waals surface area contributed by atoms with Crippen molar-refractivity contribution in [2.24, 2.45) is 5.92 Å². The molecule has 250 valence electrons. The first kappa shape index (κ1) is 35.5. The predicted molar refractivity (Wildman–Crippen MR) is 188 cm³/mol. The van der Waals surface area contributed by atoms with Crippen LogP contribution in [0.2, 0.25) is 0 Å². The number of aromatic nitrogens is 1. The molecule has 0 bridgehead atoms. The summed E-state index contributed by atoms with van der Waals surface area (Å²) < 4.78 is 12.1. The van der Waals surface area contributed by atoms with E-state index in [0.717, 1.165) is 36.3 Å². The van der Waals surface area contributed by atoms with Crippen molar-refractivity contribution in [2.75, 3.05) is 7.11 Å². The minimum atomic E-state index is -0.777. The Hall–Kier alpha value is -3.38. The van der Waals surface area contributed by atoms with Crippen LogP contribution in [0.15, 0.2) is 54.7 Å². The van der Waals surface area contributed by atoms with Gasteiger partial charge in [0.1, 0.15) is 11.9 Å². The van der Waals surface area contributed by atoms with Crippen molar-refractivity contribution >= 4 is 5.97 Å². The van der Waals surface area contributed by atoms with Crippen LogP contribution in [0.3, 0.4) is 0 Å². The number of piperidine rings is 1.